The molecule has 1 atom stereocenters. The van der Waals surface area contributed by atoms with Gasteiger partial charge in [-0.3, -0.25) is 9.78 Å². The first-order valence-corrected chi connectivity index (χ1v) is 10.6. The predicted molar refractivity (Wildman–Crippen MR) is 109 cm³/mol. The Bertz CT molecular complexity index is 909. The monoisotopic (exact) mass is 397 g/mol. The molecule has 29 heavy (non-hydrogen) atoms. The van der Waals surface area contributed by atoms with Gasteiger partial charge in [-0.05, 0) is 38.3 Å². The standard InChI is InChI=1S/C23H28FN3O2/c1-14-12-25-15(2)22(27-14)18-8-9-20(24)19-11-17(29-23(18)19)13-26-21(28)10-7-16-5-3-4-6-16/h8-9,12,16-17H,3-7,10-11,13H2,1-2H3,(H,26,28). The van der Waals surface area contributed by atoms with E-state index >= 15 is 0 Å². The highest BCUT2D eigenvalue weighted by atomic mass is 19.1. The molecule has 1 aliphatic carbocycles. The zero-order chi connectivity index (χ0) is 20.4. The minimum absolute atomic E-state index is 0.0533. The molecule has 5 nitrogen and oxygen atoms in total. The summed E-state index contributed by atoms with van der Waals surface area (Å²) in [7, 11) is 0. The third-order valence-electron chi connectivity index (χ3n) is 6.03. The molecule has 0 bridgehead atoms. The van der Waals surface area contributed by atoms with Gasteiger partial charge in [0.15, 0.2) is 0 Å². The number of halogens is 1. The molecule has 1 saturated carbocycles. The van der Waals surface area contributed by atoms with Gasteiger partial charge in [0.25, 0.3) is 0 Å². The molecule has 1 N–H and O–H groups in total. The molecule has 1 amide bonds. The summed E-state index contributed by atoms with van der Waals surface area (Å²) in [4.78, 5) is 21.2. The molecule has 1 aliphatic heterocycles. The molecular weight excluding hydrogens is 369 g/mol. The number of hydrogen-bond acceptors (Lipinski definition) is 4. The van der Waals surface area contributed by atoms with Crippen molar-refractivity contribution in [1.82, 2.24) is 15.3 Å². The molecule has 2 aromatic rings. The Morgan fingerprint density at radius 2 is 2.07 bits per heavy atom. The molecule has 6 heteroatoms. The predicted octanol–water partition coefficient (Wildman–Crippen LogP) is 4.29. The van der Waals surface area contributed by atoms with Crippen molar-refractivity contribution in [3.05, 3.63) is 41.1 Å². The highest BCUT2D eigenvalue weighted by molar-refractivity contribution is 5.76. The summed E-state index contributed by atoms with van der Waals surface area (Å²) in [6, 6.07) is 3.16. The van der Waals surface area contributed by atoms with Gasteiger partial charge in [0.1, 0.15) is 17.7 Å². The van der Waals surface area contributed by atoms with Crippen molar-refractivity contribution in [3.63, 3.8) is 0 Å². The Kier molecular flexibility index (Phi) is 5.79. The van der Waals surface area contributed by atoms with Gasteiger partial charge in [0, 0.05) is 30.2 Å². The minimum Gasteiger partial charge on any atom is -0.487 e. The number of carbonyl (C=O) groups is 1. The number of amides is 1. The first-order valence-electron chi connectivity index (χ1n) is 10.6. The number of hydrogen-bond donors (Lipinski definition) is 1. The molecular formula is C23H28FN3O2. The smallest absolute Gasteiger partial charge is 0.220 e. The minimum atomic E-state index is -0.280. The van der Waals surface area contributed by atoms with E-state index in [1.807, 2.05) is 13.8 Å². The van der Waals surface area contributed by atoms with Crippen LogP contribution in [-0.4, -0.2) is 28.5 Å². The van der Waals surface area contributed by atoms with Gasteiger partial charge in [-0.1, -0.05) is 25.7 Å². The van der Waals surface area contributed by atoms with Crippen molar-refractivity contribution in [2.75, 3.05) is 6.54 Å². The van der Waals surface area contributed by atoms with Gasteiger partial charge in [0.05, 0.1) is 23.6 Å². The number of benzene rings is 1. The van der Waals surface area contributed by atoms with E-state index in [9.17, 15) is 9.18 Å². The number of nitrogens with zero attached hydrogens (tertiary/aromatic N) is 2. The molecule has 1 fully saturated rings. The molecule has 4 rings (SSSR count). The third kappa shape index (κ3) is 4.41. The Balaban J connectivity index is 1.41. The van der Waals surface area contributed by atoms with Crippen LogP contribution < -0.4 is 10.1 Å². The summed E-state index contributed by atoms with van der Waals surface area (Å²) in [6.07, 6.45) is 8.48. The van der Waals surface area contributed by atoms with Crippen molar-refractivity contribution in [2.45, 2.75) is 64.9 Å². The van der Waals surface area contributed by atoms with Crippen LogP contribution in [0.25, 0.3) is 11.3 Å². The molecule has 2 heterocycles. The Morgan fingerprint density at radius 3 is 2.86 bits per heavy atom. The van der Waals surface area contributed by atoms with E-state index < -0.39 is 0 Å². The van der Waals surface area contributed by atoms with Crippen molar-refractivity contribution in [2.24, 2.45) is 5.92 Å². The highest BCUT2D eigenvalue weighted by Crippen LogP contribution is 2.40. The number of carbonyl (C=O) groups excluding carboxylic acids is 1. The summed E-state index contributed by atoms with van der Waals surface area (Å²) in [5.74, 6) is 0.996. The molecule has 154 valence electrons. The summed E-state index contributed by atoms with van der Waals surface area (Å²) in [5.41, 5.74) is 3.59. The number of rotatable bonds is 6. The van der Waals surface area contributed by atoms with Crippen LogP contribution >= 0.6 is 0 Å². The van der Waals surface area contributed by atoms with Crippen LogP contribution in [0.3, 0.4) is 0 Å². The first kappa shape index (κ1) is 19.8. The van der Waals surface area contributed by atoms with E-state index in [2.05, 4.69) is 15.3 Å². The summed E-state index contributed by atoms with van der Waals surface area (Å²) in [5, 5.41) is 2.97. The summed E-state index contributed by atoms with van der Waals surface area (Å²) < 4.78 is 20.5. The number of ether oxygens (including phenoxy) is 1. The number of aryl methyl sites for hydroxylation is 2. The normalized spacial score (nSPS) is 18.5. The maximum absolute atomic E-state index is 14.4. The molecule has 0 spiro atoms. The van der Waals surface area contributed by atoms with Crippen LogP contribution in [0.15, 0.2) is 18.3 Å². The lowest BCUT2D eigenvalue weighted by Gasteiger charge is -2.15. The SMILES string of the molecule is Cc1cnc(C)c(-c2ccc(F)c3c2OC(CNC(=O)CCC2CCCC2)C3)n1. The van der Waals surface area contributed by atoms with Gasteiger partial charge in [-0.25, -0.2) is 9.37 Å². The second-order valence-corrected chi connectivity index (χ2v) is 8.29. The van der Waals surface area contributed by atoms with Crippen LogP contribution in [0, 0.1) is 25.6 Å². The van der Waals surface area contributed by atoms with Crippen molar-refractivity contribution < 1.29 is 13.9 Å². The lowest BCUT2D eigenvalue weighted by Crippen LogP contribution is -2.34. The quantitative estimate of drug-likeness (QED) is 0.790. The van der Waals surface area contributed by atoms with Crippen LogP contribution in [0.1, 0.15) is 55.5 Å². The Labute approximate surface area is 171 Å². The average molecular weight is 397 g/mol. The fraction of sp³-hybridized carbons (Fsp3) is 0.522. The number of fused-ring (bicyclic) bond motifs is 1. The maximum atomic E-state index is 14.4. The zero-order valence-corrected chi connectivity index (χ0v) is 17.1. The number of nitrogens with one attached hydrogen (secondary N) is 1. The van der Waals surface area contributed by atoms with Gasteiger partial charge in [0.2, 0.25) is 5.91 Å². The second-order valence-electron chi connectivity index (χ2n) is 8.29. The Morgan fingerprint density at radius 1 is 1.28 bits per heavy atom. The van der Waals surface area contributed by atoms with E-state index in [1.165, 1.54) is 31.7 Å². The van der Waals surface area contributed by atoms with Gasteiger partial charge in [-0.2, -0.15) is 0 Å². The molecule has 1 aromatic carbocycles. The van der Waals surface area contributed by atoms with Crippen LogP contribution in [0.5, 0.6) is 5.75 Å². The number of aromatic nitrogens is 2. The maximum Gasteiger partial charge on any atom is 0.220 e. The molecule has 0 saturated heterocycles. The van der Waals surface area contributed by atoms with Crippen LogP contribution in [0.2, 0.25) is 0 Å². The van der Waals surface area contributed by atoms with E-state index in [-0.39, 0.29) is 17.8 Å². The average Bonchev–Trinajstić information content (AvgIpc) is 3.37. The van der Waals surface area contributed by atoms with Gasteiger partial charge < -0.3 is 10.1 Å². The van der Waals surface area contributed by atoms with E-state index in [1.54, 1.807) is 12.3 Å². The Hall–Kier alpha value is -2.50. The fourth-order valence-corrected chi connectivity index (χ4v) is 4.41. The van der Waals surface area contributed by atoms with E-state index in [4.69, 9.17) is 4.74 Å². The van der Waals surface area contributed by atoms with E-state index in [0.717, 1.165) is 23.4 Å². The lowest BCUT2D eigenvalue weighted by molar-refractivity contribution is -0.121. The largest absolute Gasteiger partial charge is 0.487 e. The second kappa shape index (κ2) is 8.47. The van der Waals surface area contributed by atoms with E-state index in [0.29, 0.717) is 42.3 Å². The van der Waals surface area contributed by atoms with Crippen molar-refractivity contribution >= 4 is 5.91 Å². The lowest BCUT2D eigenvalue weighted by atomic mass is 10.0. The topological polar surface area (TPSA) is 64.1 Å². The molecule has 1 aromatic heterocycles. The molecule has 1 unspecified atom stereocenters. The molecule has 0 radical (unpaired) electrons. The van der Waals surface area contributed by atoms with Crippen molar-refractivity contribution in [3.8, 4) is 17.0 Å². The fourth-order valence-electron chi connectivity index (χ4n) is 4.41. The summed E-state index contributed by atoms with van der Waals surface area (Å²) >= 11 is 0. The molecule has 2 aliphatic rings. The third-order valence-corrected chi connectivity index (χ3v) is 6.03. The van der Waals surface area contributed by atoms with Gasteiger partial charge >= 0.3 is 0 Å². The first-order chi connectivity index (χ1) is 14.0. The highest BCUT2D eigenvalue weighted by Gasteiger charge is 2.30. The van der Waals surface area contributed by atoms with Gasteiger partial charge in [-0.15, -0.1) is 0 Å². The zero-order valence-electron chi connectivity index (χ0n) is 17.1. The summed E-state index contributed by atoms with van der Waals surface area (Å²) in [6.45, 7) is 4.15. The van der Waals surface area contributed by atoms with Crippen molar-refractivity contribution in [1.29, 1.82) is 0 Å². The van der Waals surface area contributed by atoms with Crippen LogP contribution in [-0.2, 0) is 11.2 Å². The van der Waals surface area contributed by atoms with Crippen LogP contribution in [0.4, 0.5) is 4.39 Å².